The zero-order valence-corrected chi connectivity index (χ0v) is 23.6. The van der Waals surface area contributed by atoms with Crippen molar-refractivity contribution in [2.24, 2.45) is 0 Å². The normalized spacial score (nSPS) is 13.2. The van der Waals surface area contributed by atoms with Crippen LogP contribution in [0.3, 0.4) is 0 Å². The first kappa shape index (κ1) is 29.9. The highest BCUT2D eigenvalue weighted by Crippen LogP contribution is 2.25. The van der Waals surface area contributed by atoms with Gasteiger partial charge in [0, 0.05) is 36.7 Å². The van der Waals surface area contributed by atoms with Gasteiger partial charge in [0.2, 0.25) is 11.8 Å². The van der Waals surface area contributed by atoms with Crippen LogP contribution in [0.5, 0.6) is 0 Å². The van der Waals surface area contributed by atoms with Crippen LogP contribution in [0.25, 0.3) is 0 Å². The molecule has 2 aromatic carbocycles. The number of rotatable bonds is 12. The molecule has 36 heavy (non-hydrogen) atoms. The van der Waals surface area contributed by atoms with Crippen LogP contribution in [0.15, 0.2) is 48.5 Å². The first-order chi connectivity index (χ1) is 16.9. The van der Waals surface area contributed by atoms with Gasteiger partial charge in [0.15, 0.2) is 0 Å². The highest BCUT2D eigenvalue weighted by atomic mass is 35.5. The van der Waals surface area contributed by atoms with E-state index in [0.717, 1.165) is 15.0 Å². The molecule has 0 aromatic heterocycles. The van der Waals surface area contributed by atoms with Crippen molar-refractivity contribution in [2.45, 2.75) is 52.2 Å². The van der Waals surface area contributed by atoms with Gasteiger partial charge in [-0.2, -0.15) is 12.7 Å². The number of carbonyl (C=O) groups excluding carboxylic acids is 2. The number of hydrogen-bond acceptors (Lipinski definition) is 4. The minimum Gasteiger partial charge on any atom is -0.352 e. The Hall–Kier alpha value is -2.33. The van der Waals surface area contributed by atoms with Crippen LogP contribution in [0, 0.1) is 0 Å². The first-order valence-corrected chi connectivity index (χ1v) is 13.9. The Balaban J connectivity index is 2.51. The van der Waals surface area contributed by atoms with Crippen LogP contribution in [-0.4, -0.2) is 62.2 Å². The summed E-state index contributed by atoms with van der Waals surface area (Å²) in [5.74, 6) is -0.853. The van der Waals surface area contributed by atoms with Gasteiger partial charge >= 0.3 is 10.2 Å². The van der Waals surface area contributed by atoms with E-state index in [4.69, 9.17) is 23.2 Å². The van der Waals surface area contributed by atoms with E-state index >= 15 is 0 Å². The highest BCUT2D eigenvalue weighted by molar-refractivity contribution is 7.90. The average molecular weight is 558 g/mol. The molecule has 2 rings (SSSR count). The van der Waals surface area contributed by atoms with E-state index in [1.165, 1.54) is 19.0 Å². The van der Waals surface area contributed by atoms with Crippen molar-refractivity contribution >= 4 is 50.9 Å². The lowest BCUT2D eigenvalue weighted by Crippen LogP contribution is -2.54. The lowest BCUT2D eigenvalue weighted by atomic mass is 10.1. The fourth-order valence-electron chi connectivity index (χ4n) is 3.51. The van der Waals surface area contributed by atoms with E-state index in [0.29, 0.717) is 27.7 Å². The maximum absolute atomic E-state index is 13.8. The van der Waals surface area contributed by atoms with Gasteiger partial charge in [0.05, 0.1) is 5.69 Å². The fraction of sp³-hybridized carbons (Fsp3) is 0.440. The van der Waals surface area contributed by atoms with E-state index in [9.17, 15) is 18.0 Å². The maximum atomic E-state index is 13.8. The van der Waals surface area contributed by atoms with Gasteiger partial charge in [-0.3, -0.25) is 9.59 Å². The van der Waals surface area contributed by atoms with Gasteiger partial charge < -0.3 is 10.2 Å². The lowest BCUT2D eigenvalue weighted by Gasteiger charge is -2.34. The molecule has 11 heteroatoms. The van der Waals surface area contributed by atoms with Gasteiger partial charge in [-0.1, -0.05) is 61.3 Å². The number of hydrogen-bond donors (Lipinski definition) is 1. The van der Waals surface area contributed by atoms with Crippen molar-refractivity contribution in [3.05, 3.63) is 64.1 Å². The number of amides is 2. The summed E-state index contributed by atoms with van der Waals surface area (Å²) in [6, 6.07) is 12.4. The lowest BCUT2D eigenvalue weighted by molar-refractivity contribution is -0.140. The smallest absolute Gasteiger partial charge is 0.304 e. The summed E-state index contributed by atoms with van der Waals surface area (Å²) in [5.41, 5.74) is 0.923. The van der Waals surface area contributed by atoms with E-state index < -0.39 is 28.7 Å². The van der Waals surface area contributed by atoms with Gasteiger partial charge in [-0.05, 0) is 49.6 Å². The Kier molecular flexibility index (Phi) is 11.0. The first-order valence-electron chi connectivity index (χ1n) is 11.7. The van der Waals surface area contributed by atoms with Crippen molar-refractivity contribution in [3.63, 3.8) is 0 Å². The van der Waals surface area contributed by atoms with Crippen molar-refractivity contribution < 1.29 is 18.0 Å². The van der Waals surface area contributed by atoms with Gasteiger partial charge in [0.1, 0.15) is 12.6 Å². The van der Waals surface area contributed by atoms with Gasteiger partial charge in [0.25, 0.3) is 0 Å². The third-order valence-corrected chi connectivity index (χ3v) is 8.21. The molecule has 0 bridgehead atoms. The summed E-state index contributed by atoms with van der Waals surface area (Å²) >= 11 is 12.4. The molecule has 8 nitrogen and oxygen atoms in total. The summed E-state index contributed by atoms with van der Waals surface area (Å²) < 4.78 is 28.4. The Morgan fingerprint density at radius 1 is 1.00 bits per heavy atom. The zero-order valence-electron chi connectivity index (χ0n) is 21.2. The number of nitrogens with one attached hydrogen (secondary N) is 1. The number of anilines is 1. The van der Waals surface area contributed by atoms with Crippen LogP contribution in [0.4, 0.5) is 5.69 Å². The molecule has 0 aliphatic rings. The molecule has 0 spiro atoms. The van der Waals surface area contributed by atoms with Gasteiger partial charge in [-0.15, -0.1) is 0 Å². The van der Waals surface area contributed by atoms with Crippen LogP contribution < -0.4 is 9.62 Å². The maximum Gasteiger partial charge on any atom is 0.304 e. The number of halogens is 2. The molecule has 1 N–H and O–H groups in total. The van der Waals surface area contributed by atoms with Crippen molar-refractivity contribution in [3.8, 4) is 0 Å². The topological polar surface area (TPSA) is 90.0 Å². The predicted molar refractivity (Wildman–Crippen MR) is 145 cm³/mol. The minimum absolute atomic E-state index is 0.00586. The fourth-order valence-corrected chi connectivity index (χ4v) is 5.03. The number of benzene rings is 2. The summed E-state index contributed by atoms with van der Waals surface area (Å²) in [6.07, 6.45) is 1.05. The van der Waals surface area contributed by atoms with Crippen LogP contribution in [0.1, 0.15) is 39.2 Å². The largest absolute Gasteiger partial charge is 0.352 e. The summed E-state index contributed by atoms with van der Waals surface area (Å²) in [5, 5.41) is 3.72. The molecule has 0 unspecified atom stereocenters. The van der Waals surface area contributed by atoms with Crippen LogP contribution in [0.2, 0.25) is 10.0 Å². The number of carbonyl (C=O) groups is 2. The van der Waals surface area contributed by atoms with Crippen molar-refractivity contribution in [2.75, 3.05) is 24.9 Å². The third kappa shape index (κ3) is 7.59. The number of para-hydroxylation sites is 1. The average Bonchev–Trinajstić information content (AvgIpc) is 2.83. The summed E-state index contributed by atoms with van der Waals surface area (Å²) in [7, 11) is -1.21. The predicted octanol–water partition coefficient (Wildman–Crippen LogP) is 4.33. The van der Waals surface area contributed by atoms with Gasteiger partial charge in [-0.25, -0.2) is 4.31 Å². The Bertz CT molecular complexity index is 1150. The second kappa shape index (κ2) is 13.3. The molecule has 0 heterocycles. The van der Waals surface area contributed by atoms with Crippen molar-refractivity contribution in [1.82, 2.24) is 14.5 Å². The second-order valence-electron chi connectivity index (χ2n) is 8.63. The number of nitrogens with zero attached hydrogens (tertiary/aromatic N) is 3. The molecule has 0 aliphatic carbocycles. The Morgan fingerprint density at radius 2 is 1.64 bits per heavy atom. The molecule has 2 aromatic rings. The molecule has 0 radical (unpaired) electrons. The minimum atomic E-state index is -4.01. The molecule has 0 saturated heterocycles. The Labute approximate surface area is 224 Å². The monoisotopic (exact) mass is 556 g/mol. The Morgan fingerprint density at radius 3 is 2.17 bits per heavy atom. The molecular formula is C25H34Cl2N4O4S. The molecular weight excluding hydrogens is 523 g/mol. The van der Waals surface area contributed by atoms with Crippen molar-refractivity contribution in [1.29, 1.82) is 0 Å². The molecule has 0 fully saturated rings. The summed E-state index contributed by atoms with van der Waals surface area (Å²) in [4.78, 5) is 28.4. The van der Waals surface area contributed by atoms with E-state index in [1.807, 2.05) is 13.8 Å². The molecule has 0 aliphatic heterocycles. The van der Waals surface area contributed by atoms with E-state index in [-0.39, 0.29) is 18.5 Å². The molecule has 2 atom stereocenters. The van der Waals surface area contributed by atoms with E-state index in [1.54, 1.807) is 55.5 Å². The van der Waals surface area contributed by atoms with Crippen LogP contribution >= 0.6 is 23.2 Å². The SMILES string of the molecule is CC[C@H](C)NC(=O)[C@H](CC)N(Cc1ccc(Cl)cc1Cl)C(=O)CN(c1ccccc1)S(=O)(=O)N(C)C. The highest BCUT2D eigenvalue weighted by Gasteiger charge is 2.34. The quantitative estimate of drug-likeness (QED) is 0.421. The molecule has 198 valence electrons. The molecule has 0 saturated carbocycles. The molecule has 2 amide bonds. The van der Waals surface area contributed by atoms with E-state index in [2.05, 4.69) is 5.32 Å². The van der Waals surface area contributed by atoms with Crippen LogP contribution in [-0.2, 0) is 26.3 Å². The second-order valence-corrected chi connectivity index (χ2v) is 11.5. The standard InChI is InChI=1S/C25H34Cl2N4O4S/c1-6-18(3)28-25(33)23(7-2)30(16-19-13-14-20(26)15-22(19)27)24(32)17-31(36(34,35)29(4)5)21-11-9-8-10-12-21/h8-15,18,23H,6-7,16-17H2,1-5H3,(H,28,33)/t18-,23-/m0/s1. The zero-order chi connectivity index (χ0) is 27.0. The third-order valence-electron chi connectivity index (χ3n) is 5.81. The summed E-state index contributed by atoms with van der Waals surface area (Å²) in [6.45, 7) is 5.14.